The Kier molecular flexibility index (Phi) is 5.21. The van der Waals surface area contributed by atoms with Crippen LogP contribution >= 0.6 is 0 Å². The molecular weight excluding hydrogens is 424 g/mol. The number of H-pyrrole nitrogens is 1. The van der Waals surface area contributed by atoms with Crippen molar-refractivity contribution >= 4 is 11.4 Å². The van der Waals surface area contributed by atoms with Gasteiger partial charge in [-0.1, -0.05) is 6.07 Å². The monoisotopic (exact) mass is 446 g/mol. The number of benzene rings is 1. The Balaban J connectivity index is 1.40. The first-order valence-electron chi connectivity index (χ1n) is 10.5. The largest absolute Gasteiger partial charge is 0.486 e. The van der Waals surface area contributed by atoms with Crippen LogP contribution in [0.25, 0.3) is 16.8 Å². The van der Waals surface area contributed by atoms with Gasteiger partial charge in [-0.05, 0) is 36.8 Å². The first kappa shape index (κ1) is 20.6. The lowest BCUT2D eigenvalue weighted by atomic mass is 10.1. The summed E-state index contributed by atoms with van der Waals surface area (Å²) in [6.45, 7) is 2.86. The maximum Gasteiger partial charge on any atom is 0.272 e. The van der Waals surface area contributed by atoms with Crippen LogP contribution in [0.3, 0.4) is 0 Å². The quantitative estimate of drug-likeness (QED) is 0.488. The molecule has 2 N–H and O–H groups in total. The Morgan fingerprint density at radius 2 is 1.97 bits per heavy atom. The van der Waals surface area contributed by atoms with E-state index in [0.29, 0.717) is 47.4 Å². The minimum absolute atomic E-state index is 0.273. The summed E-state index contributed by atoms with van der Waals surface area (Å²) in [7, 11) is 1.55. The number of nitrogens with one attached hydrogen (secondary N) is 2. The van der Waals surface area contributed by atoms with E-state index in [0.717, 1.165) is 11.1 Å². The Hall–Kier alpha value is -4.27. The maximum absolute atomic E-state index is 12.8. The summed E-state index contributed by atoms with van der Waals surface area (Å²) < 4.78 is 17.9. The van der Waals surface area contributed by atoms with Gasteiger partial charge in [-0.3, -0.25) is 9.59 Å². The van der Waals surface area contributed by atoms with Crippen LogP contribution in [0.4, 0.5) is 0 Å². The molecule has 1 aliphatic rings. The number of nitrogens with zero attached hydrogens (tertiary/aromatic N) is 2. The molecule has 9 heteroatoms. The number of aromatic nitrogens is 3. The highest BCUT2D eigenvalue weighted by Gasteiger charge is 2.17. The normalized spacial score (nSPS) is 13.5. The fourth-order valence-electron chi connectivity index (χ4n) is 3.74. The smallest absolute Gasteiger partial charge is 0.272 e. The molecule has 1 atom stereocenters. The van der Waals surface area contributed by atoms with Gasteiger partial charge in [0.1, 0.15) is 18.7 Å². The van der Waals surface area contributed by atoms with Crippen molar-refractivity contribution in [1.29, 1.82) is 0 Å². The number of methoxy groups -OCH3 is 1. The molecule has 0 bridgehead atoms. The molecule has 0 radical (unpaired) electrons. The second-order valence-electron chi connectivity index (χ2n) is 7.71. The SMILES string of the molecule is COc1ccc([C@H](C)NC(=O)c2cc3c(=O)[nH]c(-c4ccc5c(c4)OCCO5)cn3c2)cn1. The zero-order chi connectivity index (χ0) is 22.9. The van der Waals surface area contributed by atoms with Gasteiger partial charge in [0.2, 0.25) is 5.88 Å². The molecule has 1 aromatic carbocycles. The number of pyridine rings is 1. The van der Waals surface area contributed by atoms with Gasteiger partial charge in [-0.15, -0.1) is 0 Å². The third-order valence-corrected chi connectivity index (χ3v) is 5.53. The van der Waals surface area contributed by atoms with Crippen LogP contribution in [0, 0.1) is 0 Å². The van der Waals surface area contributed by atoms with Gasteiger partial charge in [0.15, 0.2) is 11.5 Å². The summed E-state index contributed by atoms with van der Waals surface area (Å²) in [6, 6.07) is 10.4. The Morgan fingerprint density at radius 3 is 2.73 bits per heavy atom. The van der Waals surface area contributed by atoms with Crippen molar-refractivity contribution in [3.05, 3.63) is 76.5 Å². The van der Waals surface area contributed by atoms with Gasteiger partial charge in [0.05, 0.1) is 24.4 Å². The number of ether oxygens (including phenoxy) is 3. The van der Waals surface area contributed by atoms with E-state index in [1.54, 1.807) is 42.2 Å². The van der Waals surface area contributed by atoms with Crippen molar-refractivity contribution in [3.8, 4) is 28.6 Å². The van der Waals surface area contributed by atoms with Crippen molar-refractivity contribution < 1.29 is 19.0 Å². The average Bonchev–Trinajstić information content (AvgIpc) is 3.29. The van der Waals surface area contributed by atoms with E-state index in [1.165, 1.54) is 0 Å². The van der Waals surface area contributed by atoms with Crippen LogP contribution in [-0.2, 0) is 0 Å². The van der Waals surface area contributed by atoms with E-state index in [4.69, 9.17) is 14.2 Å². The van der Waals surface area contributed by atoms with E-state index >= 15 is 0 Å². The van der Waals surface area contributed by atoms with Crippen molar-refractivity contribution in [1.82, 2.24) is 19.7 Å². The number of hydrogen-bond acceptors (Lipinski definition) is 6. The zero-order valence-electron chi connectivity index (χ0n) is 18.1. The summed E-state index contributed by atoms with van der Waals surface area (Å²) in [5.41, 5.74) is 2.68. The Morgan fingerprint density at radius 1 is 1.15 bits per heavy atom. The highest BCUT2D eigenvalue weighted by Crippen LogP contribution is 2.33. The van der Waals surface area contributed by atoms with E-state index < -0.39 is 0 Å². The average molecular weight is 446 g/mol. The van der Waals surface area contributed by atoms with Gasteiger partial charge in [-0.2, -0.15) is 0 Å². The molecule has 9 nitrogen and oxygen atoms in total. The lowest BCUT2D eigenvalue weighted by Gasteiger charge is -2.18. The fourth-order valence-corrected chi connectivity index (χ4v) is 3.74. The van der Waals surface area contributed by atoms with Crippen LogP contribution < -0.4 is 25.1 Å². The Labute approximate surface area is 189 Å². The second kappa shape index (κ2) is 8.34. The molecular formula is C24H22N4O5. The van der Waals surface area contributed by atoms with Gasteiger partial charge in [-0.25, -0.2) is 4.98 Å². The molecule has 4 aromatic rings. The van der Waals surface area contributed by atoms with Crippen LogP contribution in [-0.4, -0.2) is 40.6 Å². The second-order valence-corrected chi connectivity index (χ2v) is 7.71. The minimum Gasteiger partial charge on any atom is -0.486 e. The highest BCUT2D eigenvalue weighted by molar-refractivity contribution is 5.95. The molecule has 0 aliphatic carbocycles. The number of carbonyl (C=O) groups excluding carboxylic acids is 1. The predicted octanol–water partition coefficient (Wildman–Crippen LogP) is 2.96. The van der Waals surface area contributed by atoms with Crippen LogP contribution in [0.15, 0.2) is 59.8 Å². The minimum atomic E-state index is -0.297. The van der Waals surface area contributed by atoms with Crippen LogP contribution in [0.2, 0.25) is 0 Å². The Bertz CT molecular complexity index is 1390. The molecule has 0 saturated carbocycles. The standard InChI is InChI=1S/C24H22N4O5/c1-14(16-4-6-22(31-2)25-11-16)26-23(29)17-9-19-24(30)27-18(13-28(19)12-17)15-3-5-20-21(10-15)33-8-7-32-20/h3-6,9-14H,7-8H2,1-2H3,(H,26,29)(H,27,30)/t14-/m0/s1. The van der Waals surface area contributed by atoms with Crippen molar-refractivity contribution in [3.63, 3.8) is 0 Å². The molecule has 0 fully saturated rings. The fraction of sp³-hybridized carbons (Fsp3) is 0.208. The molecule has 3 aromatic heterocycles. The number of carbonyl (C=O) groups is 1. The summed E-state index contributed by atoms with van der Waals surface area (Å²) in [6.07, 6.45) is 5.07. The molecule has 0 saturated heterocycles. The summed E-state index contributed by atoms with van der Waals surface area (Å²) in [4.78, 5) is 32.6. The topological polar surface area (TPSA) is 107 Å². The summed E-state index contributed by atoms with van der Waals surface area (Å²) in [5, 5.41) is 2.94. The summed E-state index contributed by atoms with van der Waals surface area (Å²) in [5.74, 6) is 1.52. The number of fused-ring (bicyclic) bond motifs is 2. The highest BCUT2D eigenvalue weighted by atomic mass is 16.6. The third kappa shape index (κ3) is 4.00. The van der Waals surface area contributed by atoms with E-state index in [-0.39, 0.29) is 17.5 Å². The lowest BCUT2D eigenvalue weighted by Crippen LogP contribution is -2.26. The number of hydrogen-bond donors (Lipinski definition) is 2. The van der Waals surface area contributed by atoms with Crippen LogP contribution in [0.5, 0.6) is 17.4 Å². The van der Waals surface area contributed by atoms with E-state index in [9.17, 15) is 9.59 Å². The van der Waals surface area contributed by atoms with Gasteiger partial charge < -0.3 is 28.9 Å². The molecule has 0 unspecified atom stereocenters. The van der Waals surface area contributed by atoms with Crippen molar-refractivity contribution in [2.24, 2.45) is 0 Å². The first-order chi connectivity index (χ1) is 16.0. The molecule has 33 heavy (non-hydrogen) atoms. The molecule has 5 rings (SSSR count). The van der Waals surface area contributed by atoms with Crippen molar-refractivity contribution in [2.75, 3.05) is 20.3 Å². The van der Waals surface area contributed by atoms with E-state index in [2.05, 4.69) is 15.3 Å². The van der Waals surface area contributed by atoms with Crippen molar-refractivity contribution in [2.45, 2.75) is 13.0 Å². The third-order valence-electron chi connectivity index (χ3n) is 5.53. The molecule has 0 spiro atoms. The predicted molar refractivity (Wildman–Crippen MR) is 121 cm³/mol. The van der Waals surface area contributed by atoms with E-state index in [1.807, 2.05) is 31.2 Å². The van der Waals surface area contributed by atoms with Gasteiger partial charge in [0, 0.05) is 30.2 Å². The number of amides is 1. The lowest BCUT2D eigenvalue weighted by molar-refractivity contribution is 0.0940. The maximum atomic E-state index is 12.8. The zero-order valence-corrected chi connectivity index (χ0v) is 18.1. The number of rotatable bonds is 5. The molecule has 4 heterocycles. The number of aromatic amines is 1. The molecule has 168 valence electrons. The first-order valence-corrected chi connectivity index (χ1v) is 10.5. The van der Waals surface area contributed by atoms with Gasteiger partial charge in [0.25, 0.3) is 11.5 Å². The molecule has 1 aliphatic heterocycles. The molecule has 1 amide bonds. The van der Waals surface area contributed by atoms with Gasteiger partial charge >= 0.3 is 0 Å². The summed E-state index contributed by atoms with van der Waals surface area (Å²) >= 11 is 0. The van der Waals surface area contributed by atoms with Crippen LogP contribution in [0.1, 0.15) is 28.9 Å².